The lowest BCUT2D eigenvalue weighted by Gasteiger charge is -2.30. The van der Waals surface area contributed by atoms with E-state index in [1.165, 1.54) is 0 Å². The number of ether oxygens (including phenoxy) is 1. The number of hydrogen-bond acceptors (Lipinski definition) is 5. The van der Waals surface area contributed by atoms with Crippen LogP contribution in [0.3, 0.4) is 0 Å². The lowest BCUT2D eigenvalue weighted by atomic mass is 10.2. The fourth-order valence-electron chi connectivity index (χ4n) is 2.44. The number of benzene rings is 1. The molecule has 6 nitrogen and oxygen atoms in total. The number of piperazine rings is 1. The Morgan fingerprint density at radius 3 is 3.05 bits per heavy atom. The van der Waals surface area contributed by atoms with Crippen LogP contribution in [0.25, 0.3) is 11.4 Å². The lowest BCUT2D eigenvalue weighted by Crippen LogP contribution is -2.49. The second-order valence-corrected chi connectivity index (χ2v) is 5.99. The van der Waals surface area contributed by atoms with Crippen molar-refractivity contribution in [1.82, 2.24) is 20.5 Å². The van der Waals surface area contributed by atoms with Gasteiger partial charge in [-0.15, -0.1) is 5.10 Å². The number of halogens is 1. The number of rotatable bonds is 3. The largest absolute Gasteiger partial charge is 0.497 e. The van der Waals surface area contributed by atoms with Crippen molar-refractivity contribution in [2.75, 3.05) is 31.6 Å². The molecular weight excluding hydrogens is 334 g/mol. The quantitative estimate of drug-likeness (QED) is 0.885. The number of nitrogens with zero attached hydrogens (tertiary/aromatic N) is 3. The maximum Gasteiger partial charge on any atom is 0.245 e. The van der Waals surface area contributed by atoms with Crippen LogP contribution in [0.15, 0.2) is 22.7 Å². The molecule has 0 spiro atoms. The van der Waals surface area contributed by atoms with Gasteiger partial charge in [0.15, 0.2) is 5.82 Å². The summed E-state index contributed by atoms with van der Waals surface area (Å²) < 4.78 is 6.22. The van der Waals surface area contributed by atoms with Crippen molar-refractivity contribution in [1.29, 1.82) is 0 Å². The number of hydrogen-bond donors (Lipinski definition) is 2. The van der Waals surface area contributed by atoms with E-state index in [2.05, 4.69) is 48.3 Å². The van der Waals surface area contributed by atoms with Gasteiger partial charge in [-0.1, -0.05) is 15.9 Å². The fourth-order valence-corrected chi connectivity index (χ4v) is 2.88. The molecule has 7 heteroatoms. The summed E-state index contributed by atoms with van der Waals surface area (Å²) in [6.45, 7) is 4.95. The Morgan fingerprint density at radius 1 is 1.43 bits per heavy atom. The summed E-state index contributed by atoms with van der Waals surface area (Å²) in [6, 6.07) is 6.24. The van der Waals surface area contributed by atoms with Crippen LogP contribution < -0.4 is 15.0 Å². The topological polar surface area (TPSA) is 66.1 Å². The molecule has 2 aromatic rings. The van der Waals surface area contributed by atoms with Crippen LogP contribution in [0, 0.1) is 0 Å². The highest BCUT2D eigenvalue weighted by atomic mass is 79.9. The Hall–Kier alpha value is -1.60. The first-order valence-electron chi connectivity index (χ1n) is 6.92. The first kappa shape index (κ1) is 14.3. The van der Waals surface area contributed by atoms with Crippen LogP contribution in [0.1, 0.15) is 6.92 Å². The Morgan fingerprint density at radius 2 is 2.29 bits per heavy atom. The van der Waals surface area contributed by atoms with Crippen LogP contribution >= 0.6 is 15.9 Å². The first-order chi connectivity index (χ1) is 10.2. The molecule has 1 aromatic heterocycles. The average molecular weight is 352 g/mol. The molecule has 1 aliphatic rings. The zero-order valence-electron chi connectivity index (χ0n) is 12.1. The average Bonchev–Trinajstić information content (AvgIpc) is 2.97. The third-order valence-electron chi connectivity index (χ3n) is 3.55. The number of H-pyrrole nitrogens is 1. The van der Waals surface area contributed by atoms with Crippen LogP contribution in [0.2, 0.25) is 0 Å². The minimum atomic E-state index is 0.448. The summed E-state index contributed by atoms with van der Waals surface area (Å²) in [6.07, 6.45) is 0. The van der Waals surface area contributed by atoms with Gasteiger partial charge in [0.2, 0.25) is 5.95 Å². The zero-order valence-corrected chi connectivity index (χ0v) is 13.6. The van der Waals surface area contributed by atoms with E-state index >= 15 is 0 Å². The lowest BCUT2D eigenvalue weighted by molar-refractivity contribution is 0.415. The Labute approximate surface area is 132 Å². The summed E-state index contributed by atoms with van der Waals surface area (Å²) in [5.74, 6) is 2.27. The summed E-state index contributed by atoms with van der Waals surface area (Å²) in [4.78, 5) is 6.81. The van der Waals surface area contributed by atoms with Gasteiger partial charge in [0.05, 0.1) is 7.11 Å². The predicted octanol–water partition coefficient (Wildman–Crippen LogP) is 2.04. The normalized spacial score (nSPS) is 18.8. The molecule has 0 unspecified atom stereocenters. The molecule has 0 saturated carbocycles. The molecule has 0 aliphatic carbocycles. The summed E-state index contributed by atoms with van der Waals surface area (Å²) in [5, 5.41) is 10.8. The van der Waals surface area contributed by atoms with Gasteiger partial charge in [-0.2, -0.15) is 4.98 Å². The van der Waals surface area contributed by atoms with Crippen LogP contribution in [0.5, 0.6) is 5.75 Å². The SMILES string of the molecule is COc1ccc(Br)c(-c2nc(N3CCN[C@@H](C)C3)n[nH]2)c1. The Kier molecular flexibility index (Phi) is 4.12. The summed E-state index contributed by atoms with van der Waals surface area (Å²) in [5.41, 5.74) is 0.941. The van der Waals surface area contributed by atoms with E-state index in [0.29, 0.717) is 6.04 Å². The van der Waals surface area contributed by atoms with Crippen LogP contribution in [-0.4, -0.2) is 48.0 Å². The van der Waals surface area contributed by atoms with Crippen molar-refractivity contribution in [3.05, 3.63) is 22.7 Å². The molecule has 2 heterocycles. The second kappa shape index (κ2) is 6.03. The van der Waals surface area contributed by atoms with E-state index in [1.54, 1.807) is 7.11 Å². The standard InChI is InChI=1S/C14H18BrN5O/c1-9-8-20(6-5-16-9)14-17-13(18-19-14)11-7-10(21-2)3-4-12(11)15/h3-4,7,9,16H,5-6,8H2,1-2H3,(H,17,18,19)/t9-/m0/s1. The Balaban J connectivity index is 1.87. The van der Waals surface area contributed by atoms with E-state index in [0.717, 1.165) is 47.2 Å². The number of anilines is 1. The molecule has 21 heavy (non-hydrogen) atoms. The molecule has 1 atom stereocenters. The highest BCUT2D eigenvalue weighted by molar-refractivity contribution is 9.10. The maximum absolute atomic E-state index is 5.27. The van der Waals surface area contributed by atoms with Crippen LogP contribution in [0.4, 0.5) is 5.95 Å². The molecule has 1 saturated heterocycles. The molecule has 2 N–H and O–H groups in total. The highest BCUT2D eigenvalue weighted by Crippen LogP contribution is 2.30. The highest BCUT2D eigenvalue weighted by Gasteiger charge is 2.20. The van der Waals surface area contributed by atoms with Crippen LogP contribution in [-0.2, 0) is 0 Å². The molecule has 0 radical (unpaired) electrons. The molecule has 0 amide bonds. The van der Waals surface area contributed by atoms with Gasteiger partial charge >= 0.3 is 0 Å². The molecule has 1 fully saturated rings. The number of nitrogens with one attached hydrogen (secondary N) is 2. The first-order valence-corrected chi connectivity index (χ1v) is 7.71. The van der Waals surface area contributed by atoms with E-state index < -0.39 is 0 Å². The molecule has 112 valence electrons. The van der Waals surface area contributed by atoms with E-state index in [4.69, 9.17) is 4.74 Å². The van der Waals surface area contributed by atoms with Crippen molar-refractivity contribution in [2.24, 2.45) is 0 Å². The van der Waals surface area contributed by atoms with E-state index in [-0.39, 0.29) is 0 Å². The molecule has 1 aromatic carbocycles. The summed E-state index contributed by atoms with van der Waals surface area (Å²) in [7, 11) is 1.65. The van der Waals surface area contributed by atoms with Gasteiger partial charge in [0, 0.05) is 35.7 Å². The van der Waals surface area contributed by atoms with Crippen molar-refractivity contribution < 1.29 is 4.74 Å². The number of methoxy groups -OCH3 is 1. The monoisotopic (exact) mass is 351 g/mol. The van der Waals surface area contributed by atoms with Crippen molar-refractivity contribution in [3.63, 3.8) is 0 Å². The van der Waals surface area contributed by atoms with Gasteiger partial charge in [-0.25, -0.2) is 0 Å². The van der Waals surface area contributed by atoms with Gasteiger partial charge in [-0.3, -0.25) is 5.10 Å². The van der Waals surface area contributed by atoms with Crippen molar-refractivity contribution in [3.8, 4) is 17.1 Å². The molecular formula is C14H18BrN5O. The minimum Gasteiger partial charge on any atom is -0.497 e. The van der Waals surface area contributed by atoms with Gasteiger partial charge in [0.25, 0.3) is 0 Å². The summed E-state index contributed by atoms with van der Waals surface area (Å²) >= 11 is 3.54. The van der Waals surface area contributed by atoms with Gasteiger partial charge < -0.3 is 15.0 Å². The zero-order chi connectivity index (χ0) is 14.8. The minimum absolute atomic E-state index is 0.448. The Bertz CT molecular complexity index is 630. The number of aromatic nitrogens is 3. The second-order valence-electron chi connectivity index (χ2n) is 5.13. The smallest absolute Gasteiger partial charge is 0.245 e. The predicted molar refractivity (Wildman–Crippen MR) is 85.7 cm³/mol. The van der Waals surface area contributed by atoms with E-state index in [1.807, 2.05) is 18.2 Å². The maximum atomic E-state index is 5.27. The number of aromatic amines is 1. The third kappa shape index (κ3) is 3.03. The van der Waals surface area contributed by atoms with Crippen molar-refractivity contribution in [2.45, 2.75) is 13.0 Å². The molecule has 0 bridgehead atoms. The van der Waals surface area contributed by atoms with Crippen molar-refractivity contribution >= 4 is 21.9 Å². The van der Waals surface area contributed by atoms with Gasteiger partial charge in [0.1, 0.15) is 5.75 Å². The molecule has 3 rings (SSSR count). The third-order valence-corrected chi connectivity index (χ3v) is 4.25. The fraction of sp³-hybridized carbons (Fsp3) is 0.429. The van der Waals surface area contributed by atoms with E-state index in [9.17, 15) is 0 Å². The van der Waals surface area contributed by atoms with Gasteiger partial charge in [-0.05, 0) is 25.1 Å². The molecule has 1 aliphatic heterocycles.